The van der Waals surface area contributed by atoms with Crippen molar-refractivity contribution in [2.75, 3.05) is 43.9 Å². The van der Waals surface area contributed by atoms with Crippen molar-refractivity contribution in [1.29, 1.82) is 0 Å². The van der Waals surface area contributed by atoms with Crippen LogP contribution in [0.25, 0.3) is 0 Å². The van der Waals surface area contributed by atoms with Gasteiger partial charge in [-0.1, -0.05) is 11.8 Å². The molecule has 0 N–H and O–H groups in total. The van der Waals surface area contributed by atoms with Crippen LogP contribution in [0.2, 0.25) is 0 Å². The molecule has 7 nitrogen and oxygen atoms in total. The average Bonchev–Trinajstić information content (AvgIpc) is 3.07. The van der Waals surface area contributed by atoms with Crippen LogP contribution < -0.4 is 9.64 Å². The number of amides is 1. The summed E-state index contributed by atoms with van der Waals surface area (Å²) < 4.78 is 7.06. The molecule has 1 aliphatic heterocycles. The van der Waals surface area contributed by atoms with Crippen LogP contribution in [0.5, 0.6) is 5.75 Å². The molecule has 134 valence electrons. The molecule has 0 saturated carbocycles. The summed E-state index contributed by atoms with van der Waals surface area (Å²) in [4.78, 5) is 16.6. The molecule has 0 aliphatic carbocycles. The number of hydrogen-bond acceptors (Lipinski definition) is 6. The fourth-order valence-corrected chi connectivity index (χ4v) is 3.61. The predicted molar refractivity (Wildman–Crippen MR) is 98.1 cm³/mol. The van der Waals surface area contributed by atoms with Crippen molar-refractivity contribution in [2.45, 2.75) is 11.6 Å². The third kappa shape index (κ3) is 4.45. The fraction of sp³-hybridized carbons (Fsp3) is 0.471. The lowest BCUT2D eigenvalue weighted by atomic mass is 10.2. The molecule has 1 aliphatic rings. The van der Waals surface area contributed by atoms with Gasteiger partial charge in [0, 0.05) is 51.1 Å². The van der Waals surface area contributed by atoms with Crippen LogP contribution in [-0.2, 0) is 11.8 Å². The maximum Gasteiger partial charge on any atom is 0.223 e. The summed E-state index contributed by atoms with van der Waals surface area (Å²) in [6.45, 7) is 3.24. The van der Waals surface area contributed by atoms with Gasteiger partial charge >= 0.3 is 0 Å². The van der Waals surface area contributed by atoms with E-state index < -0.39 is 0 Å². The quantitative estimate of drug-likeness (QED) is 0.729. The Morgan fingerprint density at radius 3 is 2.52 bits per heavy atom. The van der Waals surface area contributed by atoms with Crippen LogP contribution in [0, 0.1) is 0 Å². The minimum absolute atomic E-state index is 0.212. The van der Waals surface area contributed by atoms with Crippen LogP contribution in [-0.4, -0.2) is 64.6 Å². The highest BCUT2D eigenvalue weighted by Gasteiger charge is 2.21. The molecule has 1 aromatic carbocycles. The second-order valence-electron chi connectivity index (χ2n) is 5.89. The van der Waals surface area contributed by atoms with Crippen LogP contribution >= 0.6 is 11.8 Å². The normalized spacial score (nSPS) is 14.6. The first-order valence-corrected chi connectivity index (χ1v) is 9.29. The summed E-state index contributed by atoms with van der Waals surface area (Å²) in [5.74, 6) is 1.80. The van der Waals surface area contributed by atoms with Gasteiger partial charge in [0.2, 0.25) is 5.91 Å². The van der Waals surface area contributed by atoms with E-state index in [2.05, 4.69) is 27.2 Å². The van der Waals surface area contributed by atoms with Crippen molar-refractivity contribution in [2.24, 2.45) is 7.05 Å². The molecule has 3 rings (SSSR count). The number of piperazine rings is 1. The van der Waals surface area contributed by atoms with Crippen molar-refractivity contribution < 1.29 is 9.53 Å². The summed E-state index contributed by atoms with van der Waals surface area (Å²) in [7, 11) is 3.57. The standard InChI is InChI=1S/C17H23N5O2S/c1-20-13-18-19-17(20)25-12-7-16(23)22-10-8-21(9-11-22)14-3-5-15(24-2)6-4-14/h3-6,13H,7-12H2,1-2H3. The van der Waals surface area contributed by atoms with Crippen molar-refractivity contribution in [1.82, 2.24) is 19.7 Å². The van der Waals surface area contributed by atoms with E-state index >= 15 is 0 Å². The van der Waals surface area contributed by atoms with Crippen LogP contribution in [0.15, 0.2) is 35.7 Å². The van der Waals surface area contributed by atoms with Crippen LogP contribution in [0.1, 0.15) is 6.42 Å². The van der Waals surface area contributed by atoms with E-state index in [4.69, 9.17) is 4.74 Å². The second kappa shape index (κ2) is 8.24. The monoisotopic (exact) mass is 361 g/mol. The molecule has 0 atom stereocenters. The van der Waals surface area contributed by atoms with E-state index in [1.165, 1.54) is 5.69 Å². The predicted octanol–water partition coefficient (Wildman–Crippen LogP) is 1.65. The minimum atomic E-state index is 0.212. The molecule has 0 spiro atoms. The Morgan fingerprint density at radius 1 is 1.20 bits per heavy atom. The average molecular weight is 361 g/mol. The van der Waals surface area contributed by atoms with Gasteiger partial charge in [-0.05, 0) is 24.3 Å². The Kier molecular flexibility index (Phi) is 5.80. The van der Waals surface area contributed by atoms with Gasteiger partial charge in [0.05, 0.1) is 7.11 Å². The zero-order valence-corrected chi connectivity index (χ0v) is 15.4. The molecule has 0 radical (unpaired) electrons. The minimum Gasteiger partial charge on any atom is -0.497 e. The van der Waals surface area contributed by atoms with E-state index in [0.29, 0.717) is 6.42 Å². The first-order chi connectivity index (χ1) is 12.2. The van der Waals surface area contributed by atoms with E-state index in [9.17, 15) is 4.79 Å². The number of aromatic nitrogens is 3. The number of rotatable bonds is 6. The summed E-state index contributed by atoms with van der Waals surface area (Å²) in [5, 5.41) is 8.70. The topological polar surface area (TPSA) is 63.5 Å². The summed E-state index contributed by atoms with van der Waals surface area (Å²) in [6, 6.07) is 8.06. The molecule has 0 bridgehead atoms. The Balaban J connectivity index is 1.43. The number of nitrogens with zero attached hydrogens (tertiary/aromatic N) is 5. The molecule has 0 unspecified atom stereocenters. The maximum atomic E-state index is 12.4. The van der Waals surface area contributed by atoms with Gasteiger partial charge in [0.15, 0.2) is 5.16 Å². The Hall–Kier alpha value is -2.22. The van der Waals surface area contributed by atoms with Crippen molar-refractivity contribution >= 4 is 23.4 Å². The number of carbonyl (C=O) groups excluding carboxylic acids is 1. The number of aryl methyl sites for hydroxylation is 1. The molecule has 1 aromatic heterocycles. The van der Waals surface area contributed by atoms with Crippen LogP contribution in [0.4, 0.5) is 5.69 Å². The van der Waals surface area contributed by atoms with Gasteiger partial charge in [-0.15, -0.1) is 10.2 Å². The Bertz CT molecular complexity index is 695. The van der Waals surface area contributed by atoms with Crippen molar-refractivity contribution in [3.8, 4) is 5.75 Å². The lowest BCUT2D eigenvalue weighted by Gasteiger charge is -2.36. The third-order valence-electron chi connectivity index (χ3n) is 4.29. The van der Waals surface area contributed by atoms with E-state index in [-0.39, 0.29) is 5.91 Å². The first kappa shape index (κ1) is 17.6. The largest absolute Gasteiger partial charge is 0.497 e. The fourth-order valence-electron chi connectivity index (χ4n) is 2.80. The lowest BCUT2D eigenvalue weighted by Crippen LogP contribution is -2.48. The molecule has 8 heteroatoms. The van der Waals surface area contributed by atoms with E-state index in [1.807, 2.05) is 28.6 Å². The van der Waals surface area contributed by atoms with E-state index in [1.54, 1.807) is 25.2 Å². The number of thioether (sulfide) groups is 1. The molecule has 2 heterocycles. The summed E-state index contributed by atoms with van der Waals surface area (Å²) >= 11 is 1.57. The zero-order chi connectivity index (χ0) is 17.6. The van der Waals surface area contributed by atoms with Gasteiger partial charge in [0.25, 0.3) is 0 Å². The van der Waals surface area contributed by atoms with Gasteiger partial charge in [-0.3, -0.25) is 4.79 Å². The van der Waals surface area contributed by atoms with Gasteiger partial charge in [-0.25, -0.2) is 0 Å². The number of anilines is 1. The highest BCUT2D eigenvalue weighted by atomic mass is 32.2. The number of hydrogen-bond donors (Lipinski definition) is 0. The smallest absolute Gasteiger partial charge is 0.223 e. The zero-order valence-electron chi connectivity index (χ0n) is 14.6. The Labute approximate surface area is 152 Å². The number of benzene rings is 1. The van der Waals surface area contributed by atoms with Crippen molar-refractivity contribution in [3.63, 3.8) is 0 Å². The van der Waals surface area contributed by atoms with Crippen molar-refractivity contribution in [3.05, 3.63) is 30.6 Å². The Morgan fingerprint density at radius 2 is 1.92 bits per heavy atom. The number of methoxy groups -OCH3 is 1. The SMILES string of the molecule is COc1ccc(N2CCN(C(=O)CCSc3nncn3C)CC2)cc1. The second-order valence-corrected chi connectivity index (χ2v) is 6.95. The van der Waals surface area contributed by atoms with Crippen LogP contribution in [0.3, 0.4) is 0 Å². The molecule has 1 fully saturated rings. The molecular weight excluding hydrogens is 338 g/mol. The summed E-state index contributed by atoms with van der Waals surface area (Å²) in [6.07, 6.45) is 2.20. The highest BCUT2D eigenvalue weighted by Crippen LogP contribution is 2.21. The third-order valence-corrected chi connectivity index (χ3v) is 5.32. The van der Waals surface area contributed by atoms with Gasteiger partial charge < -0.3 is 19.1 Å². The molecule has 2 aromatic rings. The first-order valence-electron chi connectivity index (χ1n) is 8.31. The van der Waals surface area contributed by atoms with Gasteiger partial charge in [0.1, 0.15) is 12.1 Å². The molecule has 1 saturated heterocycles. The molecule has 25 heavy (non-hydrogen) atoms. The molecular formula is C17H23N5O2S. The summed E-state index contributed by atoms with van der Waals surface area (Å²) in [5.41, 5.74) is 1.17. The number of ether oxygens (including phenoxy) is 1. The highest BCUT2D eigenvalue weighted by molar-refractivity contribution is 7.99. The van der Waals surface area contributed by atoms with E-state index in [0.717, 1.165) is 42.8 Å². The molecule has 1 amide bonds. The number of carbonyl (C=O) groups is 1. The maximum absolute atomic E-state index is 12.4. The van der Waals surface area contributed by atoms with Gasteiger partial charge in [-0.2, -0.15) is 0 Å². The lowest BCUT2D eigenvalue weighted by molar-refractivity contribution is -0.131.